The Hall–Kier alpha value is -2.39. The molecular weight excluding hydrogens is 346 g/mol. The van der Waals surface area contributed by atoms with Crippen molar-refractivity contribution in [2.75, 3.05) is 5.32 Å². The van der Waals surface area contributed by atoms with E-state index in [2.05, 4.69) is 24.3 Å². The molecule has 0 bridgehead atoms. The summed E-state index contributed by atoms with van der Waals surface area (Å²) in [7, 11) is 0. The van der Waals surface area contributed by atoms with Crippen molar-refractivity contribution in [2.24, 2.45) is 0 Å². The minimum atomic E-state index is -0.222. The van der Waals surface area contributed by atoms with Crippen LogP contribution >= 0.6 is 23.1 Å². The summed E-state index contributed by atoms with van der Waals surface area (Å²) in [4.78, 5) is 12.2. The van der Waals surface area contributed by atoms with Crippen LogP contribution in [0.4, 0.5) is 5.13 Å². The minimum Gasteiger partial charge on any atom is -0.487 e. The number of benzene rings is 1. The van der Waals surface area contributed by atoms with Crippen molar-refractivity contribution in [3.8, 4) is 5.75 Å². The van der Waals surface area contributed by atoms with E-state index in [1.165, 1.54) is 23.1 Å². The quantitative estimate of drug-likeness (QED) is 0.725. The molecule has 9 heteroatoms. The Morgan fingerprint density at radius 1 is 1.21 bits per heavy atom. The molecule has 1 N–H and O–H groups in total. The number of hydrogen-bond acceptors (Lipinski definition) is 8. The molecule has 7 nitrogen and oxygen atoms in total. The fourth-order valence-electron chi connectivity index (χ4n) is 1.85. The molecule has 0 aliphatic rings. The Balaban J connectivity index is 1.59. The van der Waals surface area contributed by atoms with Gasteiger partial charge in [-0.3, -0.25) is 10.1 Å². The number of ether oxygens (including phenoxy) is 1. The molecule has 0 saturated heterocycles. The Labute approximate surface area is 147 Å². The van der Waals surface area contributed by atoms with Gasteiger partial charge in [-0.15, -0.1) is 10.2 Å². The van der Waals surface area contributed by atoms with E-state index in [1.54, 1.807) is 24.3 Å². The number of amides is 1. The first-order valence-corrected chi connectivity index (χ1v) is 8.85. The Morgan fingerprint density at radius 2 is 2.00 bits per heavy atom. The van der Waals surface area contributed by atoms with Gasteiger partial charge in [0, 0.05) is 5.56 Å². The van der Waals surface area contributed by atoms with Crippen LogP contribution in [0.5, 0.6) is 5.75 Å². The number of anilines is 1. The highest BCUT2D eigenvalue weighted by Crippen LogP contribution is 2.18. The van der Waals surface area contributed by atoms with Crippen LogP contribution < -0.4 is 10.1 Å². The second kappa shape index (κ2) is 7.45. The highest BCUT2D eigenvalue weighted by molar-refractivity contribution is 7.15. The molecule has 0 saturated carbocycles. The van der Waals surface area contributed by atoms with Gasteiger partial charge in [0.05, 0.1) is 17.4 Å². The summed E-state index contributed by atoms with van der Waals surface area (Å²) in [5, 5.41) is 12.0. The van der Waals surface area contributed by atoms with Gasteiger partial charge in [-0.05, 0) is 37.6 Å². The summed E-state index contributed by atoms with van der Waals surface area (Å²) < 4.78 is 13.9. The number of aromatic nitrogens is 4. The molecule has 124 valence electrons. The van der Waals surface area contributed by atoms with Crippen LogP contribution in [0, 0.1) is 6.92 Å². The third-order valence-electron chi connectivity index (χ3n) is 3.23. The molecule has 1 aromatic carbocycles. The molecule has 0 unspecified atom stereocenters. The Kier molecular flexibility index (Phi) is 5.11. The average molecular weight is 361 g/mol. The van der Waals surface area contributed by atoms with E-state index in [0.717, 1.165) is 22.8 Å². The fourth-order valence-corrected chi connectivity index (χ4v) is 3.08. The van der Waals surface area contributed by atoms with E-state index in [-0.39, 0.29) is 5.91 Å². The smallest absolute Gasteiger partial charge is 0.257 e. The fraction of sp³-hybridized carbons (Fsp3) is 0.267. The van der Waals surface area contributed by atoms with Crippen LogP contribution in [-0.2, 0) is 13.0 Å². The van der Waals surface area contributed by atoms with Gasteiger partial charge in [0.2, 0.25) is 5.13 Å². The number of carbonyl (C=O) groups is 1. The van der Waals surface area contributed by atoms with Gasteiger partial charge in [-0.2, -0.15) is 8.75 Å². The maximum absolute atomic E-state index is 12.2. The summed E-state index contributed by atoms with van der Waals surface area (Å²) in [5.74, 6) is 0.447. The first kappa shape index (κ1) is 16.5. The maximum Gasteiger partial charge on any atom is 0.257 e. The van der Waals surface area contributed by atoms with Crippen molar-refractivity contribution >= 4 is 34.1 Å². The number of carbonyl (C=O) groups excluding carboxylic acids is 1. The van der Waals surface area contributed by atoms with Gasteiger partial charge in [0.15, 0.2) is 0 Å². The van der Waals surface area contributed by atoms with Gasteiger partial charge < -0.3 is 4.74 Å². The van der Waals surface area contributed by atoms with Crippen LogP contribution in [0.3, 0.4) is 0 Å². The summed E-state index contributed by atoms with van der Waals surface area (Å²) in [6.07, 6.45) is 0.799. The lowest BCUT2D eigenvalue weighted by Gasteiger charge is -2.06. The van der Waals surface area contributed by atoms with Gasteiger partial charge in [0.25, 0.3) is 5.91 Å². The second-order valence-electron chi connectivity index (χ2n) is 4.92. The molecule has 3 rings (SSSR count). The van der Waals surface area contributed by atoms with Crippen molar-refractivity contribution in [3.05, 3.63) is 46.2 Å². The van der Waals surface area contributed by atoms with Crippen LogP contribution in [0.25, 0.3) is 0 Å². The molecule has 0 spiro atoms. The zero-order chi connectivity index (χ0) is 16.9. The van der Waals surface area contributed by atoms with Crippen molar-refractivity contribution in [2.45, 2.75) is 26.9 Å². The molecule has 0 aliphatic heterocycles. The lowest BCUT2D eigenvalue weighted by molar-refractivity contribution is 0.102. The molecule has 2 heterocycles. The normalized spacial score (nSPS) is 10.6. The van der Waals surface area contributed by atoms with E-state index < -0.39 is 0 Å². The zero-order valence-corrected chi connectivity index (χ0v) is 14.8. The standard InChI is InChI=1S/C15H15N5O2S2/c1-3-13-17-18-15(23-13)16-14(21)10-4-6-11(7-5-10)22-8-12-9(2)19-24-20-12/h4-7H,3,8H2,1-2H3,(H,16,18,21). The predicted molar refractivity (Wildman–Crippen MR) is 92.7 cm³/mol. The molecule has 3 aromatic rings. The van der Waals surface area contributed by atoms with Crippen LogP contribution in [-0.4, -0.2) is 24.9 Å². The Morgan fingerprint density at radius 3 is 2.62 bits per heavy atom. The number of nitrogens with zero attached hydrogens (tertiary/aromatic N) is 4. The third kappa shape index (κ3) is 3.92. The SMILES string of the molecule is CCc1nnc(NC(=O)c2ccc(OCc3nsnc3C)cc2)s1. The number of aryl methyl sites for hydroxylation is 2. The maximum atomic E-state index is 12.2. The number of hydrogen-bond donors (Lipinski definition) is 1. The average Bonchev–Trinajstić information content (AvgIpc) is 3.22. The summed E-state index contributed by atoms with van der Waals surface area (Å²) in [6.45, 7) is 4.25. The zero-order valence-electron chi connectivity index (χ0n) is 13.1. The van der Waals surface area contributed by atoms with Crippen molar-refractivity contribution in [1.82, 2.24) is 18.9 Å². The lowest BCUT2D eigenvalue weighted by atomic mass is 10.2. The topological polar surface area (TPSA) is 89.9 Å². The largest absolute Gasteiger partial charge is 0.487 e. The molecule has 24 heavy (non-hydrogen) atoms. The highest BCUT2D eigenvalue weighted by atomic mass is 32.1. The number of nitrogens with one attached hydrogen (secondary N) is 1. The van der Waals surface area contributed by atoms with E-state index in [1.807, 2.05) is 13.8 Å². The molecule has 2 aromatic heterocycles. The molecule has 0 aliphatic carbocycles. The van der Waals surface area contributed by atoms with Gasteiger partial charge in [-0.25, -0.2) is 0 Å². The lowest BCUT2D eigenvalue weighted by Crippen LogP contribution is -2.11. The van der Waals surface area contributed by atoms with Gasteiger partial charge >= 0.3 is 0 Å². The highest BCUT2D eigenvalue weighted by Gasteiger charge is 2.10. The van der Waals surface area contributed by atoms with Crippen molar-refractivity contribution in [3.63, 3.8) is 0 Å². The summed E-state index contributed by atoms with van der Waals surface area (Å²) in [5.41, 5.74) is 2.23. The second-order valence-corrected chi connectivity index (χ2v) is 6.51. The minimum absolute atomic E-state index is 0.222. The number of rotatable bonds is 6. The monoisotopic (exact) mass is 361 g/mol. The first-order valence-electron chi connectivity index (χ1n) is 7.30. The third-order valence-corrected chi connectivity index (χ3v) is 4.87. The van der Waals surface area contributed by atoms with Gasteiger partial charge in [0.1, 0.15) is 23.1 Å². The van der Waals surface area contributed by atoms with Crippen LogP contribution in [0.15, 0.2) is 24.3 Å². The Bertz CT molecular complexity index is 829. The summed E-state index contributed by atoms with van der Waals surface area (Å²) in [6, 6.07) is 6.92. The molecule has 0 atom stereocenters. The van der Waals surface area contributed by atoms with E-state index in [0.29, 0.717) is 23.1 Å². The molecule has 0 radical (unpaired) electrons. The van der Waals surface area contributed by atoms with Crippen molar-refractivity contribution in [1.29, 1.82) is 0 Å². The molecule has 0 fully saturated rings. The van der Waals surface area contributed by atoms with Crippen LogP contribution in [0.1, 0.15) is 33.7 Å². The van der Waals surface area contributed by atoms with Crippen LogP contribution in [0.2, 0.25) is 0 Å². The predicted octanol–water partition coefficient (Wildman–Crippen LogP) is 3.09. The van der Waals surface area contributed by atoms with E-state index >= 15 is 0 Å². The van der Waals surface area contributed by atoms with Crippen molar-refractivity contribution < 1.29 is 9.53 Å². The van der Waals surface area contributed by atoms with Gasteiger partial charge in [-0.1, -0.05) is 18.3 Å². The molecular formula is C15H15N5O2S2. The van der Waals surface area contributed by atoms with E-state index in [4.69, 9.17) is 4.74 Å². The molecule has 1 amide bonds. The van der Waals surface area contributed by atoms with E-state index in [9.17, 15) is 4.79 Å². The summed E-state index contributed by atoms with van der Waals surface area (Å²) >= 11 is 2.55. The first-order chi connectivity index (χ1) is 11.7.